The highest BCUT2D eigenvalue weighted by atomic mass is 16.5. The highest BCUT2D eigenvalue weighted by Crippen LogP contribution is 2.44. The van der Waals surface area contributed by atoms with Crippen LogP contribution in [-0.4, -0.2) is 33.5 Å². The second kappa shape index (κ2) is 10.2. The fourth-order valence-corrected chi connectivity index (χ4v) is 4.02. The molecular weight excluding hydrogens is 432 g/mol. The summed E-state index contributed by atoms with van der Waals surface area (Å²) in [5.74, 6) is -1.44. The summed E-state index contributed by atoms with van der Waals surface area (Å²) >= 11 is 0. The van der Waals surface area contributed by atoms with Gasteiger partial charge in [0, 0.05) is 18.0 Å². The van der Waals surface area contributed by atoms with Crippen LogP contribution >= 0.6 is 0 Å². The van der Waals surface area contributed by atoms with Crippen LogP contribution in [0.25, 0.3) is 5.76 Å². The summed E-state index contributed by atoms with van der Waals surface area (Å²) in [7, 11) is 0. The van der Waals surface area contributed by atoms with Gasteiger partial charge in [0.2, 0.25) is 0 Å². The predicted octanol–water partition coefficient (Wildman–Crippen LogP) is 4.98. The van der Waals surface area contributed by atoms with Gasteiger partial charge >= 0.3 is 0 Å². The van der Waals surface area contributed by atoms with Crippen LogP contribution in [0, 0.1) is 0 Å². The van der Waals surface area contributed by atoms with E-state index in [9.17, 15) is 19.8 Å². The lowest BCUT2D eigenvalue weighted by Gasteiger charge is -2.25. The monoisotopic (exact) mass is 458 g/mol. The van der Waals surface area contributed by atoms with Gasteiger partial charge in [-0.15, -0.1) is 0 Å². The Labute approximate surface area is 198 Å². The number of phenols is 1. The number of anilines is 1. The number of ketones is 1. The maximum Gasteiger partial charge on any atom is 0.300 e. The van der Waals surface area contributed by atoms with E-state index in [2.05, 4.69) is 11.9 Å². The van der Waals surface area contributed by atoms with E-state index in [-0.39, 0.29) is 22.8 Å². The second-order valence-corrected chi connectivity index (χ2v) is 8.02. The Hall–Kier alpha value is -4.13. The summed E-state index contributed by atoms with van der Waals surface area (Å²) < 4.78 is 5.72. The SMILES string of the molecule is CCCCCOc1ccc(/C(O)=C2\C(=O)C(=O)N(c3ccccc3O)C2c2ccncc2)cc1. The Morgan fingerprint density at radius 1 is 1.00 bits per heavy atom. The molecule has 1 saturated heterocycles. The number of benzene rings is 2. The molecule has 1 amide bonds. The van der Waals surface area contributed by atoms with Crippen molar-refractivity contribution in [2.24, 2.45) is 0 Å². The van der Waals surface area contributed by atoms with Crippen molar-refractivity contribution >= 4 is 23.1 Å². The number of aromatic hydroxyl groups is 1. The van der Waals surface area contributed by atoms with E-state index >= 15 is 0 Å². The van der Waals surface area contributed by atoms with E-state index < -0.39 is 17.7 Å². The molecule has 7 heteroatoms. The third-order valence-electron chi connectivity index (χ3n) is 5.75. The number of pyridine rings is 1. The molecule has 2 N–H and O–H groups in total. The van der Waals surface area contributed by atoms with Gasteiger partial charge in [0.1, 0.15) is 17.3 Å². The lowest BCUT2D eigenvalue weighted by atomic mass is 9.95. The van der Waals surface area contributed by atoms with Gasteiger partial charge in [0.05, 0.1) is 23.9 Å². The Bertz CT molecular complexity index is 1210. The minimum atomic E-state index is -0.929. The van der Waals surface area contributed by atoms with Crippen molar-refractivity contribution in [3.63, 3.8) is 0 Å². The van der Waals surface area contributed by atoms with Crippen LogP contribution in [0.15, 0.2) is 78.6 Å². The fourth-order valence-electron chi connectivity index (χ4n) is 4.02. The van der Waals surface area contributed by atoms with E-state index in [4.69, 9.17) is 4.74 Å². The zero-order valence-corrected chi connectivity index (χ0v) is 18.8. The van der Waals surface area contributed by atoms with Crippen molar-refractivity contribution in [1.29, 1.82) is 0 Å². The molecule has 1 unspecified atom stereocenters. The summed E-state index contributed by atoms with van der Waals surface area (Å²) in [6.45, 7) is 2.73. The van der Waals surface area contributed by atoms with E-state index in [1.54, 1.807) is 67.0 Å². The van der Waals surface area contributed by atoms with Crippen molar-refractivity contribution < 1.29 is 24.5 Å². The lowest BCUT2D eigenvalue weighted by molar-refractivity contribution is -0.132. The van der Waals surface area contributed by atoms with Crippen molar-refractivity contribution in [1.82, 2.24) is 4.98 Å². The van der Waals surface area contributed by atoms with Crippen molar-refractivity contribution in [3.8, 4) is 11.5 Å². The number of aliphatic hydroxyl groups is 1. The number of nitrogens with zero attached hydrogens (tertiary/aromatic N) is 2. The Morgan fingerprint density at radius 2 is 1.71 bits per heavy atom. The first-order valence-electron chi connectivity index (χ1n) is 11.2. The number of carbonyl (C=O) groups is 2. The number of para-hydroxylation sites is 2. The summed E-state index contributed by atoms with van der Waals surface area (Å²) in [5.41, 5.74) is 1.09. The maximum atomic E-state index is 13.1. The lowest BCUT2D eigenvalue weighted by Crippen LogP contribution is -2.29. The molecule has 0 saturated carbocycles. The maximum absolute atomic E-state index is 13.1. The van der Waals surface area contributed by atoms with Gasteiger partial charge < -0.3 is 14.9 Å². The first kappa shape index (κ1) is 23.0. The van der Waals surface area contributed by atoms with E-state index in [0.717, 1.165) is 19.3 Å². The Morgan fingerprint density at radius 3 is 2.38 bits per heavy atom. The number of phenolic OH excluding ortho intramolecular Hbond substituents is 1. The summed E-state index contributed by atoms with van der Waals surface area (Å²) in [6, 6.07) is 15.5. The van der Waals surface area contributed by atoms with Gasteiger partial charge in [0.25, 0.3) is 11.7 Å². The first-order chi connectivity index (χ1) is 16.5. The summed E-state index contributed by atoms with van der Waals surface area (Å²) in [5, 5.41) is 21.6. The van der Waals surface area contributed by atoms with Gasteiger partial charge in [-0.05, 0) is 60.5 Å². The van der Waals surface area contributed by atoms with Crippen molar-refractivity contribution in [3.05, 3.63) is 89.8 Å². The second-order valence-electron chi connectivity index (χ2n) is 8.02. The molecule has 1 atom stereocenters. The van der Waals surface area contributed by atoms with Crippen LogP contribution < -0.4 is 9.64 Å². The minimum Gasteiger partial charge on any atom is -0.507 e. The minimum absolute atomic E-state index is 0.0592. The normalized spacial score (nSPS) is 17.2. The molecule has 0 spiro atoms. The fraction of sp³-hybridized carbons (Fsp3) is 0.222. The van der Waals surface area contributed by atoms with Crippen LogP contribution in [-0.2, 0) is 9.59 Å². The van der Waals surface area contributed by atoms with Crippen LogP contribution in [0.3, 0.4) is 0 Å². The molecule has 1 fully saturated rings. The van der Waals surface area contributed by atoms with Gasteiger partial charge in [0.15, 0.2) is 0 Å². The largest absolute Gasteiger partial charge is 0.507 e. The molecule has 0 radical (unpaired) electrons. The highest BCUT2D eigenvalue weighted by Gasteiger charge is 2.47. The Balaban J connectivity index is 1.75. The molecule has 2 heterocycles. The van der Waals surface area contributed by atoms with Gasteiger partial charge in [-0.3, -0.25) is 19.5 Å². The number of hydrogen-bond acceptors (Lipinski definition) is 6. The van der Waals surface area contributed by atoms with Crippen molar-refractivity contribution in [2.45, 2.75) is 32.2 Å². The first-order valence-corrected chi connectivity index (χ1v) is 11.2. The zero-order chi connectivity index (χ0) is 24.1. The molecule has 4 rings (SSSR count). The molecule has 2 aromatic carbocycles. The summed E-state index contributed by atoms with van der Waals surface area (Å²) in [6.07, 6.45) is 6.24. The molecule has 1 aliphatic heterocycles. The predicted molar refractivity (Wildman–Crippen MR) is 129 cm³/mol. The average molecular weight is 459 g/mol. The van der Waals surface area contributed by atoms with Crippen molar-refractivity contribution in [2.75, 3.05) is 11.5 Å². The number of carbonyl (C=O) groups excluding carboxylic acids is 2. The quantitative estimate of drug-likeness (QED) is 0.214. The van der Waals surface area contributed by atoms with Crippen LogP contribution in [0.5, 0.6) is 11.5 Å². The number of aliphatic hydroxyl groups excluding tert-OH is 1. The number of hydrogen-bond donors (Lipinski definition) is 2. The average Bonchev–Trinajstić information content (AvgIpc) is 3.13. The smallest absolute Gasteiger partial charge is 0.300 e. The van der Waals surface area contributed by atoms with E-state index in [0.29, 0.717) is 23.5 Å². The standard InChI is InChI=1S/C27H26N2O5/c1-2-3-6-17-34-20-11-9-19(10-12-20)25(31)23-24(18-13-15-28-16-14-18)29(27(33)26(23)32)21-7-4-5-8-22(21)30/h4-5,7-16,24,30-31H,2-3,6,17H2,1H3/b25-23+. The third-order valence-corrected chi connectivity index (χ3v) is 5.75. The zero-order valence-electron chi connectivity index (χ0n) is 18.8. The van der Waals surface area contributed by atoms with Gasteiger partial charge in [-0.25, -0.2) is 0 Å². The number of rotatable bonds is 8. The Kier molecular flexibility index (Phi) is 6.92. The van der Waals surface area contributed by atoms with Gasteiger partial charge in [-0.2, -0.15) is 0 Å². The third kappa shape index (κ3) is 4.50. The van der Waals surface area contributed by atoms with Gasteiger partial charge in [-0.1, -0.05) is 31.9 Å². The highest BCUT2D eigenvalue weighted by molar-refractivity contribution is 6.51. The number of amides is 1. The van der Waals surface area contributed by atoms with E-state index in [1.807, 2.05) is 0 Å². The number of Topliss-reactive ketones (excluding diaryl/α,β-unsaturated/α-hetero) is 1. The topological polar surface area (TPSA) is 100.0 Å². The molecule has 7 nitrogen and oxygen atoms in total. The molecule has 34 heavy (non-hydrogen) atoms. The molecule has 1 aromatic heterocycles. The molecule has 0 aliphatic carbocycles. The molecule has 174 valence electrons. The molecule has 1 aliphatic rings. The molecule has 0 bridgehead atoms. The van der Waals surface area contributed by atoms with Crippen LogP contribution in [0.4, 0.5) is 5.69 Å². The summed E-state index contributed by atoms with van der Waals surface area (Å²) in [4.78, 5) is 31.5. The number of unbranched alkanes of at least 4 members (excludes halogenated alkanes) is 2. The van der Waals surface area contributed by atoms with E-state index in [1.165, 1.54) is 11.0 Å². The molecule has 3 aromatic rings. The molecular formula is C27H26N2O5. The van der Waals surface area contributed by atoms with Crippen LogP contribution in [0.2, 0.25) is 0 Å². The van der Waals surface area contributed by atoms with Crippen LogP contribution in [0.1, 0.15) is 43.4 Å². The number of aromatic nitrogens is 1. The number of ether oxygens (including phenoxy) is 1.